The minimum Gasteiger partial charge on any atom is -0.481 e. The molecule has 0 aromatic heterocycles. The molecule has 0 aromatic carbocycles. The molecule has 0 aliphatic heterocycles. The van der Waals surface area contributed by atoms with E-state index >= 15 is 0 Å². The number of rotatable bonds is 7. The number of carbonyl (C=O) groups is 2. The smallest absolute Gasteiger partial charge is 0.305 e. The first-order chi connectivity index (χ1) is 8.38. The Hall–Kier alpha value is -1.79. The van der Waals surface area contributed by atoms with Crippen LogP contribution in [0.1, 0.15) is 26.2 Å². The molecule has 0 radical (unpaired) electrons. The molecule has 0 aliphatic rings. The van der Waals surface area contributed by atoms with Crippen molar-refractivity contribution in [1.29, 1.82) is 5.41 Å². The largest absolute Gasteiger partial charge is 0.481 e. The van der Waals surface area contributed by atoms with Crippen LogP contribution in [0.4, 0.5) is 0 Å². The Morgan fingerprint density at radius 3 is 2.50 bits per heavy atom. The molecule has 7 heteroatoms. The van der Waals surface area contributed by atoms with Crippen LogP contribution in [-0.4, -0.2) is 54.5 Å². The highest BCUT2D eigenvalue weighted by molar-refractivity contribution is 5.76. The first-order valence-corrected chi connectivity index (χ1v) is 5.83. The van der Waals surface area contributed by atoms with Gasteiger partial charge in [-0.1, -0.05) is 0 Å². The number of guanidine groups is 1. The zero-order chi connectivity index (χ0) is 14.1. The summed E-state index contributed by atoms with van der Waals surface area (Å²) in [4.78, 5) is 23.4. The fraction of sp³-hybridized carbons (Fsp3) is 0.727. The summed E-state index contributed by atoms with van der Waals surface area (Å²) in [6, 6.07) is -0.300. The van der Waals surface area contributed by atoms with Crippen LogP contribution in [0.5, 0.6) is 0 Å². The maximum Gasteiger partial charge on any atom is 0.305 e. The lowest BCUT2D eigenvalue weighted by Gasteiger charge is -2.26. The summed E-state index contributed by atoms with van der Waals surface area (Å²) in [7, 11) is 3.26. The van der Waals surface area contributed by atoms with E-state index in [1.165, 1.54) is 11.8 Å². The van der Waals surface area contributed by atoms with Gasteiger partial charge < -0.3 is 20.6 Å². The minimum absolute atomic E-state index is 0.0560. The summed E-state index contributed by atoms with van der Waals surface area (Å²) < 4.78 is 0. The van der Waals surface area contributed by atoms with Crippen molar-refractivity contribution in [1.82, 2.24) is 15.5 Å². The van der Waals surface area contributed by atoms with E-state index in [0.717, 1.165) is 0 Å². The third-order valence-electron chi connectivity index (χ3n) is 2.72. The summed E-state index contributed by atoms with van der Waals surface area (Å²) in [6.07, 6.45) is 1.23. The van der Waals surface area contributed by atoms with Gasteiger partial charge in [-0.05, 0) is 12.8 Å². The molecular formula is C11H22N4O3. The molecule has 0 unspecified atom stereocenters. The molecule has 0 heterocycles. The van der Waals surface area contributed by atoms with Gasteiger partial charge in [0.2, 0.25) is 5.91 Å². The Labute approximate surface area is 107 Å². The molecule has 0 aromatic rings. The summed E-state index contributed by atoms with van der Waals surface area (Å²) >= 11 is 0. The Morgan fingerprint density at radius 2 is 2.06 bits per heavy atom. The molecule has 4 N–H and O–H groups in total. The first kappa shape index (κ1) is 16.2. The summed E-state index contributed by atoms with van der Waals surface area (Å²) in [5, 5.41) is 21.6. The lowest BCUT2D eigenvalue weighted by Crippen LogP contribution is -2.38. The SMILES string of the molecule is CNC(=N)NCCC[C@@H](CC(=O)O)N(C)C(C)=O. The van der Waals surface area contributed by atoms with Crippen molar-refractivity contribution in [2.45, 2.75) is 32.2 Å². The van der Waals surface area contributed by atoms with E-state index in [1.54, 1.807) is 14.1 Å². The predicted octanol–water partition coefficient (Wildman–Crippen LogP) is -0.168. The number of carboxylic acids is 1. The minimum atomic E-state index is -0.913. The molecule has 0 bridgehead atoms. The molecule has 7 nitrogen and oxygen atoms in total. The highest BCUT2D eigenvalue weighted by Crippen LogP contribution is 2.09. The van der Waals surface area contributed by atoms with E-state index in [9.17, 15) is 9.59 Å². The summed E-state index contributed by atoms with van der Waals surface area (Å²) in [5.74, 6) is -0.828. The molecule has 104 valence electrons. The lowest BCUT2D eigenvalue weighted by atomic mass is 10.1. The second-order valence-electron chi connectivity index (χ2n) is 4.08. The van der Waals surface area contributed by atoms with Crippen molar-refractivity contribution in [2.75, 3.05) is 20.6 Å². The second-order valence-corrected chi connectivity index (χ2v) is 4.08. The van der Waals surface area contributed by atoms with E-state index in [1.807, 2.05) is 0 Å². The highest BCUT2D eigenvalue weighted by atomic mass is 16.4. The van der Waals surface area contributed by atoms with Crippen molar-refractivity contribution in [3.63, 3.8) is 0 Å². The Morgan fingerprint density at radius 1 is 1.44 bits per heavy atom. The third-order valence-corrected chi connectivity index (χ3v) is 2.72. The third kappa shape index (κ3) is 6.72. The number of amides is 1. The van der Waals surface area contributed by atoms with Crippen molar-refractivity contribution in [3.05, 3.63) is 0 Å². The number of nitrogens with zero attached hydrogens (tertiary/aromatic N) is 1. The Bertz CT molecular complexity index is 307. The molecule has 0 saturated carbocycles. The number of aliphatic carboxylic acids is 1. The molecule has 0 aliphatic carbocycles. The highest BCUT2D eigenvalue weighted by Gasteiger charge is 2.19. The number of hydrogen-bond donors (Lipinski definition) is 4. The molecule has 0 spiro atoms. The van der Waals surface area contributed by atoms with Gasteiger partial charge in [0, 0.05) is 33.6 Å². The number of nitrogens with one attached hydrogen (secondary N) is 3. The van der Waals surface area contributed by atoms with E-state index < -0.39 is 5.97 Å². The van der Waals surface area contributed by atoms with Crippen LogP contribution in [-0.2, 0) is 9.59 Å². The average Bonchev–Trinajstić information content (AvgIpc) is 2.30. The molecular weight excluding hydrogens is 236 g/mol. The first-order valence-electron chi connectivity index (χ1n) is 5.83. The van der Waals surface area contributed by atoms with Crippen LogP contribution in [0.3, 0.4) is 0 Å². The topological polar surface area (TPSA) is 106 Å². The maximum absolute atomic E-state index is 11.2. The van der Waals surface area contributed by atoms with Gasteiger partial charge in [0.15, 0.2) is 5.96 Å². The number of carboxylic acid groups (broad SMARTS) is 1. The van der Waals surface area contributed by atoms with Gasteiger partial charge in [0.05, 0.1) is 6.42 Å². The van der Waals surface area contributed by atoms with E-state index in [0.29, 0.717) is 19.4 Å². The fourth-order valence-corrected chi connectivity index (χ4v) is 1.53. The van der Waals surface area contributed by atoms with E-state index in [4.69, 9.17) is 10.5 Å². The lowest BCUT2D eigenvalue weighted by molar-refractivity contribution is -0.139. The monoisotopic (exact) mass is 258 g/mol. The normalized spacial score (nSPS) is 11.5. The number of hydrogen-bond acceptors (Lipinski definition) is 3. The quantitative estimate of drug-likeness (QED) is 0.288. The van der Waals surface area contributed by atoms with Crippen LogP contribution in [0.15, 0.2) is 0 Å². The van der Waals surface area contributed by atoms with Crippen LogP contribution >= 0.6 is 0 Å². The van der Waals surface area contributed by atoms with Crippen molar-refractivity contribution < 1.29 is 14.7 Å². The van der Waals surface area contributed by atoms with Crippen LogP contribution in [0.2, 0.25) is 0 Å². The standard InChI is InChI=1S/C11H22N4O3/c1-8(16)15(3)9(7-10(17)18)5-4-6-14-11(12)13-2/h9H,4-7H2,1-3H3,(H,17,18)(H3,12,13,14)/t9-/m0/s1. The Balaban J connectivity index is 4.13. The van der Waals surface area contributed by atoms with Gasteiger partial charge in [-0.15, -0.1) is 0 Å². The molecule has 0 fully saturated rings. The molecule has 1 atom stereocenters. The van der Waals surface area contributed by atoms with Crippen molar-refractivity contribution in [2.24, 2.45) is 0 Å². The van der Waals surface area contributed by atoms with Crippen LogP contribution in [0, 0.1) is 5.41 Å². The van der Waals surface area contributed by atoms with E-state index in [-0.39, 0.29) is 24.3 Å². The summed E-state index contributed by atoms with van der Waals surface area (Å²) in [5.41, 5.74) is 0. The fourth-order valence-electron chi connectivity index (χ4n) is 1.53. The van der Waals surface area contributed by atoms with Gasteiger partial charge >= 0.3 is 5.97 Å². The second kappa shape index (κ2) is 8.32. The zero-order valence-electron chi connectivity index (χ0n) is 11.1. The number of carbonyl (C=O) groups excluding carboxylic acids is 1. The van der Waals surface area contributed by atoms with Gasteiger partial charge in [-0.3, -0.25) is 15.0 Å². The molecule has 0 rings (SSSR count). The van der Waals surface area contributed by atoms with E-state index in [2.05, 4.69) is 10.6 Å². The summed E-state index contributed by atoms with van der Waals surface area (Å²) in [6.45, 7) is 1.99. The van der Waals surface area contributed by atoms with Crippen LogP contribution < -0.4 is 10.6 Å². The van der Waals surface area contributed by atoms with Crippen molar-refractivity contribution >= 4 is 17.8 Å². The van der Waals surface area contributed by atoms with Gasteiger partial charge in [-0.2, -0.15) is 0 Å². The van der Waals surface area contributed by atoms with Gasteiger partial charge in [0.25, 0.3) is 0 Å². The zero-order valence-corrected chi connectivity index (χ0v) is 11.1. The molecule has 1 amide bonds. The molecule has 18 heavy (non-hydrogen) atoms. The van der Waals surface area contributed by atoms with Gasteiger partial charge in [0.1, 0.15) is 0 Å². The van der Waals surface area contributed by atoms with Gasteiger partial charge in [-0.25, -0.2) is 0 Å². The predicted molar refractivity (Wildman–Crippen MR) is 68.5 cm³/mol. The van der Waals surface area contributed by atoms with Crippen molar-refractivity contribution in [3.8, 4) is 0 Å². The maximum atomic E-state index is 11.2. The Kier molecular flexibility index (Phi) is 7.50. The molecule has 0 saturated heterocycles. The van der Waals surface area contributed by atoms with Crippen LogP contribution in [0.25, 0.3) is 0 Å². The average molecular weight is 258 g/mol.